The van der Waals surface area contributed by atoms with Crippen molar-refractivity contribution in [2.75, 3.05) is 20.8 Å². The molecule has 0 saturated carbocycles. The number of methoxy groups -OCH3 is 2. The molecule has 34 heavy (non-hydrogen) atoms. The second-order valence-electron chi connectivity index (χ2n) is 9.16. The van der Waals surface area contributed by atoms with Gasteiger partial charge in [0.2, 0.25) is 0 Å². The summed E-state index contributed by atoms with van der Waals surface area (Å²) in [7, 11) is 2.71. The molecular weight excluding hydrogens is 442 g/mol. The summed E-state index contributed by atoms with van der Waals surface area (Å²) < 4.78 is 10.3. The van der Waals surface area contributed by atoms with Crippen LogP contribution >= 0.6 is 0 Å². The van der Waals surface area contributed by atoms with Gasteiger partial charge in [0.25, 0.3) is 5.91 Å². The van der Waals surface area contributed by atoms with Crippen molar-refractivity contribution in [1.29, 1.82) is 0 Å². The van der Waals surface area contributed by atoms with Gasteiger partial charge in [0.15, 0.2) is 6.61 Å². The number of esters is 1. The molecule has 0 aliphatic carbocycles. The van der Waals surface area contributed by atoms with Crippen LogP contribution in [0, 0.1) is 5.41 Å². The molecule has 10 heteroatoms. The van der Waals surface area contributed by atoms with E-state index in [0.29, 0.717) is 0 Å². The molecule has 1 heterocycles. The Balaban J connectivity index is 2.12. The minimum Gasteiger partial charge on any atom is -0.467 e. The fraction of sp³-hybridized carbons (Fsp3) is 0.542. The monoisotopic (exact) mass is 477 g/mol. The molecule has 0 saturated heterocycles. The van der Waals surface area contributed by atoms with E-state index in [9.17, 15) is 19.8 Å². The number of ether oxygens (including phenoxy) is 2. The van der Waals surface area contributed by atoms with Gasteiger partial charge in [-0.2, -0.15) is 0 Å². The molecule has 0 spiro atoms. The van der Waals surface area contributed by atoms with Crippen LogP contribution in [0.3, 0.4) is 0 Å². The molecule has 0 fully saturated rings. The van der Waals surface area contributed by atoms with E-state index < -0.39 is 48.3 Å². The summed E-state index contributed by atoms with van der Waals surface area (Å²) in [4.78, 5) is 33.2. The quantitative estimate of drug-likeness (QED) is 0.218. The van der Waals surface area contributed by atoms with E-state index in [2.05, 4.69) is 15.5 Å². The molecule has 2 aromatic rings. The molecule has 4 atom stereocenters. The fourth-order valence-corrected chi connectivity index (χ4v) is 3.68. The first kappa shape index (κ1) is 27.3. The number of aromatic amines is 1. The molecule has 0 radical (unpaired) electrons. The van der Waals surface area contributed by atoms with Crippen LogP contribution in [0.2, 0.25) is 0 Å². The van der Waals surface area contributed by atoms with Gasteiger partial charge < -0.3 is 34.8 Å². The third kappa shape index (κ3) is 7.02. The number of carbonyl (C=O) groups is 2. The number of rotatable bonds is 11. The standard InChI is InChI=1S/C24H35N3O7/c1-14(28)21(30)20(22(32-5)24(2,3)4)27-34-13-19(29)26-18(23(31)33-6)11-15-12-25-17-10-8-7-9-16(15)17/h7-10,12,14,18,21-22,25,28,30H,11,13H2,1-6H3,(H,26,29)/b27-20+/t14-,18+,21+,22-/m1/s1. The number of aliphatic hydroxyl groups is 2. The lowest BCUT2D eigenvalue weighted by atomic mass is 9.83. The van der Waals surface area contributed by atoms with Gasteiger partial charge in [0, 0.05) is 30.6 Å². The average molecular weight is 478 g/mol. The molecule has 4 N–H and O–H groups in total. The maximum atomic E-state index is 12.5. The SMILES string of the molecule is COC(=O)[C@H](Cc1c[nH]c2ccccc12)NC(=O)CO/N=C(\[C@@H](O)[C@@H](C)O)[C@@H](OC)C(C)(C)C. The number of oxime groups is 1. The van der Waals surface area contributed by atoms with Gasteiger partial charge in [0.05, 0.1) is 13.2 Å². The van der Waals surface area contributed by atoms with Crippen molar-refractivity contribution in [3.8, 4) is 0 Å². The number of hydrogen-bond donors (Lipinski definition) is 4. The van der Waals surface area contributed by atoms with Crippen LogP contribution in [-0.4, -0.2) is 78.0 Å². The molecule has 2 rings (SSSR count). The highest BCUT2D eigenvalue weighted by Crippen LogP contribution is 2.25. The number of nitrogens with zero attached hydrogens (tertiary/aromatic N) is 1. The summed E-state index contributed by atoms with van der Waals surface area (Å²) >= 11 is 0. The normalized spacial score (nSPS) is 15.9. The molecular formula is C24H35N3O7. The minimum absolute atomic E-state index is 0.0566. The Morgan fingerprint density at radius 1 is 1.18 bits per heavy atom. The van der Waals surface area contributed by atoms with Crippen molar-refractivity contribution in [2.45, 2.75) is 58.5 Å². The first-order valence-corrected chi connectivity index (χ1v) is 11.0. The van der Waals surface area contributed by atoms with Crippen molar-refractivity contribution < 1.29 is 34.1 Å². The Morgan fingerprint density at radius 3 is 2.44 bits per heavy atom. The van der Waals surface area contributed by atoms with E-state index in [-0.39, 0.29) is 12.1 Å². The van der Waals surface area contributed by atoms with Gasteiger partial charge in [-0.3, -0.25) is 4.79 Å². The smallest absolute Gasteiger partial charge is 0.328 e. The van der Waals surface area contributed by atoms with Crippen LogP contribution in [0.15, 0.2) is 35.6 Å². The summed E-state index contributed by atoms with van der Waals surface area (Å²) in [6.07, 6.45) is -1.15. The van der Waals surface area contributed by atoms with E-state index in [0.717, 1.165) is 16.5 Å². The lowest BCUT2D eigenvalue weighted by Crippen LogP contribution is -2.46. The highest BCUT2D eigenvalue weighted by Gasteiger charge is 2.36. The zero-order chi connectivity index (χ0) is 25.5. The molecule has 1 aromatic heterocycles. The van der Waals surface area contributed by atoms with E-state index >= 15 is 0 Å². The maximum Gasteiger partial charge on any atom is 0.328 e. The van der Waals surface area contributed by atoms with Crippen LogP contribution in [0.4, 0.5) is 0 Å². The van der Waals surface area contributed by atoms with Crippen LogP contribution in [0.1, 0.15) is 33.3 Å². The van der Waals surface area contributed by atoms with Gasteiger partial charge in [-0.25, -0.2) is 4.79 Å². The Labute approximate surface area is 199 Å². The first-order chi connectivity index (χ1) is 16.0. The molecule has 10 nitrogen and oxygen atoms in total. The molecule has 0 aliphatic rings. The number of aliphatic hydroxyl groups excluding tert-OH is 2. The number of aromatic nitrogens is 1. The van der Waals surface area contributed by atoms with Crippen LogP contribution < -0.4 is 5.32 Å². The van der Waals surface area contributed by atoms with E-state index in [4.69, 9.17) is 14.3 Å². The molecule has 1 amide bonds. The summed E-state index contributed by atoms with van der Waals surface area (Å²) in [6, 6.07) is 6.69. The van der Waals surface area contributed by atoms with Gasteiger partial charge >= 0.3 is 5.97 Å². The number of hydrogen-bond acceptors (Lipinski definition) is 8. The zero-order valence-electron chi connectivity index (χ0n) is 20.5. The number of benzene rings is 1. The zero-order valence-corrected chi connectivity index (χ0v) is 20.5. The third-order valence-electron chi connectivity index (χ3n) is 5.34. The minimum atomic E-state index is -1.35. The van der Waals surface area contributed by atoms with Crippen molar-refractivity contribution in [1.82, 2.24) is 10.3 Å². The highest BCUT2D eigenvalue weighted by atomic mass is 16.6. The third-order valence-corrected chi connectivity index (χ3v) is 5.34. The number of nitrogens with one attached hydrogen (secondary N) is 2. The lowest BCUT2D eigenvalue weighted by molar-refractivity contribution is -0.145. The number of fused-ring (bicyclic) bond motifs is 1. The number of amides is 1. The highest BCUT2D eigenvalue weighted by molar-refractivity contribution is 5.93. The van der Waals surface area contributed by atoms with E-state index in [1.54, 1.807) is 6.20 Å². The number of H-pyrrole nitrogens is 1. The van der Waals surface area contributed by atoms with Crippen LogP contribution in [-0.2, 0) is 30.3 Å². The Kier molecular flexibility index (Phi) is 9.60. The van der Waals surface area contributed by atoms with Gasteiger partial charge in [-0.05, 0) is 24.0 Å². The topological polar surface area (TPSA) is 142 Å². The first-order valence-electron chi connectivity index (χ1n) is 11.0. The van der Waals surface area contributed by atoms with E-state index in [1.165, 1.54) is 21.1 Å². The largest absolute Gasteiger partial charge is 0.467 e. The second-order valence-corrected chi connectivity index (χ2v) is 9.16. The average Bonchev–Trinajstić information content (AvgIpc) is 3.19. The van der Waals surface area contributed by atoms with Gasteiger partial charge in [0.1, 0.15) is 24.0 Å². The lowest BCUT2D eigenvalue weighted by Gasteiger charge is -2.32. The predicted molar refractivity (Wildman–Crippen MR) is 127 cm³/mol. The molecule has 1 aromatic carbocycles. The van der Waals surface area contributed by atoms with Gasteiger partial charge in [-0.1, -0.05) is 44.1 Å². The summed E-state index contributed by atoms with van der Waals surface area (Å²) in [5, 5.41) is 27.7. The number of para-hydroxylation sites is 1. The van der Waals surface area contributed by atoms with Crippen molar-refractivity contribution >= 4 is 28.5 Å². The molecule has 0 aliphatic heterocycles. The Bertz CT molecular complexity index is 994. The van der Waals surface area contributed by atoms with Gasteiger partial charge in [-0.15, -0.1) is 0 Å². The van der Waals surface area contributed by atoms with Crippen LogP contribution in [0.5, 0.6) is 0 Å². The number of carbonyl (C=O) groups excluding carboxylic acids is 2. The fourth-order valence-electron chi connectivity index (χ4n) is 3.68. The maximum absolute atomic E-state index is 12.5. The Morgan fingerprint density at radius 2 is 1.85 bits per heavy atom. The molecule has 0 unspecified atom stereocenters. The summed E-state index contributed by atoms with van der Waals surface area (Å²) in [6.45, 7) is 6.53. The van der Waals surface area contributed by atoms with Crippen molar-refractivity contribution in [3.63, 3.8) is 0 Å². The van der Waals surface area contributed by atoms with Crippen molar-refractivity contribution in [2.24, 2.45) is 10.6 Å². The molecule has 188 valence electrons. The second kappa shape index (κ2) is 12.0. The Hall–Kier alpha value is -2.95. The van der Waals surface area contributed by atoms with E-state index in [1.807, 2.05) is 45.0 Å². The van der Waals surface area contributed by atoms with Crippen LogP contribution in [0.25, 0.3) is 10.9 Å². The van der Waals surface area contributed by atoms with Crippen molar-refractivity contribution in [3.05, 3.63) is 36.0 Å². The predicted octanol–water partition coefficient (Wildman–Crippen LogP) is 1.54. The molecule has 0 bridgehead atoms. The summed E-state index contributed by atoms with van der Waals surface area (Å²) in [5.41, 5.74) is 1.35. The summed E-state index contributed by atoms with van der Waals surface area (Å²) in [5.74, 6) is -1.20.